The van der Waals surface area contributed by atoms with Crippen LogP contribution < -0.4 is 11.5 Å². The van der Waals surface area contributed by atoms with E-state index in [-0.39, 0.29) is 18.4 Å². The second kappa shape index (κ2) is 6.37. The van der Waals surface area contributed by atoms with Crippen molar-refractivity contribution in [3.63, 3.8) is 0 Å². The number of primary amides is 1. The Morgan fingerprint density at radius 3 is 2.36 bits per heavy atom. The van der Waals surface area contributed by atoms with Crippen molar-refractivity contribution in [2.45, 2.75) is 19.8 Å². The number of carbonyl (C=O) groups is 2. The molecule has 1 unspecified atom stereocenters. The molecule has 0 rings (SSSR count). The summed E-state index contributed by atoms with van der Waals surface area (Å²) in [4.78, 5) is 23.3. The van der Waals surface area contributed by atoms with Gasteiger partial charge in [-0.15, -0.1) is 0 Å². The van der Waals surface area contributed by atoms with Gasteiger partial charge in [-0.3, -0.25) is 9.59 Å². The molecular weight excluding hydrogens is 182 g/mol. The van der Waals surface area contributed by atoms with E-state index in [0.29, 0.717) is 13.0 Å². The van der Waals surface area contributed by atoms with Gasteiger partial charge in [0.15, 0.2) is 0 Å². The number of carbonyl (C=O) groups excluding carboxylic acids is 2. The molecule has 0 bridgehead atoms. The highest BCUT2D eigenvalue weighted by molar-refractivity contribution is 5.83. The molecule has 5 heteroatoms. The Hall–Kier alpha value is -1.10. The average Bonchev–Trinajstić information content (AvgIpc) is 2.12. The number of likely N-dealkylation sites (N-methyl/N-ethyl adjacent to an activating group) is 1. The molecule has 14 heavy (non-hydrogen) atoms. The lowest BCUT2D eigenvalue weighted by atomic mass is 10.0. The molecule has 0 heterocycles. The maximum Gasteiger partial charge on any atom is 0.237 e. The molecule has 0 saturated carbocycles. The molecule has 0 aliphatic heterocycles. The third-order valence-corrected chi connectivity index (χ3v) is 2.19. The first-order chi connectivity index (χ1) is 6.51. The Kier molecular flexibility index (Phi) is 5.87. The minimum atomic E-state index is -0.498. The van der Waals surface area contributed by atoms with Crippen molar-refractivity contribution >= 4 is 11.8 Å². The van der Waals surface area contributed by atoms with Crippen LogP contribution in [0.4, 0.5) is 0 Å². The fraction of sp³-hybridized carbons (Fsp3) is 0.778. The highest BCUT2D eigenvalue weighted by atomic mass is 16.2. The molecule has 0 spiro atoms. The SMILES string of the molecule is CCC(CN)CC(=O)N(C)CC(N)=O. The van der Waals surface area contributed by atoms with Gasteiger partial charge in [-0.1, -0.05) is 13.3 Å². The van der Waals surface area contributed by atoms with E-state index < -0.39 is 5.91 Å². The summed E-state index contributed by atoms with van der Waals surface area (Å²) < 4.78 is 0. The van der Waals surface area contributed by atoms with Gasteiger partial charge in [0, 0.05) is 13.5 Å². The third kappa shape index (κ3) is 4.81. The number of rotatable bonds is 6. The van der Waals surface area contributed by atoms with Crippen LogP contribution in [0.3, 0.4) is 0 Å². The van der Waals surface area contributed by atoms with Crippen LogP contribution in [0.15, 0.2) is 0 Å². The molecule has 82 valence electrons. The molecule has 0 aliphatic rings. The molecule has 0 aromatic carbocycles. The molecule has 4 N–H and O–H groups in total. The first-order valence-corrected chi connectivity index (χ1v) is 4.73. The summed E-state index contributed by atoms with van der Waals surface area (Å²) in [6.45, 7) is 2.45. The van der Waals surface area contributed by atoms with Crippen LogP contribution in [0.2, 0.25) is 0 Å². The summed E-state index contributed by atoms with van der Waals surface area (Å²) in [6.07, 6.45) is 1.25. The van der Waals surface area contributed by atoms with Crippen molar-refractivity contribution in [3.8, 4) is 0 Å². The Labute approximate surface area is 84.4 Å². The number of amides is 2. The molecule has 5 nitrogen and oxygen atoms in total. The van der Waals surface area contributed by atoms with Gasteiger partial charge in [0.05, 0.1) is 6.54 Å². The van der Waals surface area contributed by atoms with Gasteiger partial charge < -0.3 is 16.4 Å². The molecule has 2 amide bonds. The van der Waals surface area contributed by atoms with Crippen LogP contribution in [-0.4, -0.2) is 36.9 Å². The first-order valence-electron chi connectivity index (χ1n) is 4.73. The molecule has 0 aliphatic carbocycles. The lowest BCUT2D eigenvalue weighted by molar-refractivity contribution is -0.134. The van der Waals surface area contributed by atoms with Crippen LogP contribution in [0.5, 0.6) is 0 Å². The van der Waals surface area contributed by atoms with Crippen LogP contribution in [-0.2, 0) is 9.59 Å². The number of nitrogens with zero attached hydrogens (tertiary/aromatic N) is 1. The summed E-state index contributed by atoms with van der Waals surface area (Å²) in [5.41, 5.74) is 10.4. The highest BCUT2D eigenvalue weighted by Gasteiger charge is 2.15. The van der Waals surface area contributed by atoms with E-state index in [1.54, 1.807) is 7.05 Å². The van der Waals surface area contributed by atoms with Gasteiger partial charge in [0.25, 0.3) is 0 Å². The third-order valence-electron chi connectivity index (χ3n) is 2.19. The van der Waals surface area contributed by atoms with E-state index in [1.165, 1.54) is 4.90 Å². The quantitative estimate of drug-likeness (QED) is 0.595. The van der Waals surface area contributed by atoms with E-state index in [2.05, 4.69) is 0 Å². The molecule has 0 fully saturated rings. The van der Waals surface area contributed by atoms with Gasteiger partial charge in [-0.25, -0.2) is 0 Å². The summed E-state index contributed by atoms with van der Waals surface area (Å²) >= 11 is 0. The zero-order valence-electron chi connectivity index (χ0n) is 8.82. The van der Waals surface area contributed by atoms with E-state index >= 15 is 0 Å². The molecular formula is C9H19N3O2. The van der Waals surface area contributed by atoms with Crippen molar-refractivity contribution in [1.82, 2.24) is 4.90 Å². The highest BCUT2D eigenvalue weighted by Crippen LogP contribution is 2.07. The lowest BCUT2D eigenvalue weighted by Gasteiger charge is -2.18. The predicted molar refractivity (Wildman–Crippen MR) is 54.3 cm³/mol. The zero-order valence-corrected chi connectivity index (χ0v) is 8.82. The van der Waals surface area contributed by atoms with Gasteiger partial charge in [0.1, 0.15) is 0 Å². The monoisotopic (exact) mass is 201 g/mol. The Balaban J connectivity index is 3.99. The number of hydrogen-bond acceptors (Lipinski definition) is 3. The van der Waals surface area contributed by atoms with Gasteiger partial charge in [-0.2, -0.15) is 0 Å². The lowest BCUT2D eigenvalue weighted by Crippen LogP contribution is -2.36. The van der Waals surface area contributed by atoms with E-state index in [1.807, 2.05) is 6.92 Å². The average molecular weight is 201 g/mol. The van der Waals surface area contributed by atoms with Crippen LogP contribution in [0, 0.1) is 5.92 Å². The summed E-state index contributed by atoms with van der Waals surface area (Å²) in [6, 6.07) is 0. The summed E-state index contributed by atoms with van der Waals surface area (Å²) in [5, 5.41) is 0. The number of hydrogen-bond donors (Lipinski definition) is 2. The fourth-order valence-corrected chi connectivity index (χ4v) is 1.12. The first kappa shape index (κ1) is 12.9. The molecule has 0 radical (unpaired) electrons. The van der Waals surface area contributed by atoms with E-state index in [0.717, 1.165) is 6.42 Å². The Bertz CT molecular complexity index is 202. The minimum Gasteiger partial charge on any atom is -0.368 e. The largest absolute Gasteiger partial charge is 0.368 e. The van der Waals surface area contributed by atoms with Crippen LogP contribution in [0.1, 0.15) is 19.8 Å². The van der Waals surface area contributed by atoms with Gasteiger partial charge in [-0.05, 0) is 12.5 Å². The second-order valence-corrected chi connectivity index (χ2v) is 3.43. The van der Waals surface area contributed by atoms with Crippen molar-refractivity contribution in [3.05, 3.63) is 0 Å². The van der Waals surface area contributed by atoms with E-state index in [9.17, 15) is 9.59 Å². The maximum atomic E-state index is 11.5. The van der Waals surface area contributed by atoms with Crippen molar-refractivity contribution in [2.75, 3.05) is 20.1 Å². The summed E-state index contributed by atoms with van der Waals surface area (Å²) in [5.74, 6) is -0.388. The van der Waals surface area contributed by atoms with Crippen LogP contribution in [0.25, 0.3) is 0 Å². The summed E-state index contributed by atoms with van der Waals surface area (Å²) in [7, 11) is 1.57. The predicted octanol–water partition coefficient (Wildman–Crippen LogP) is -0.695. The number of nitrogens with two attached hydrogens (primary N) is 2. The van der Waals surface area contributed by atoms with Crippen molar-refractivity contribution in [1.29, 1.82) is 0 Å². The maximum absolute atomic E-state index is 11.5. The normalized spacial score (nSPS) is 12.2. The second-order valence-electron chi connectivity index (χ2n) is 3.43. The zero-order chi connectivity index (χ0) is 11.1. The Morgan fingerprint density at radius 2 is 2.00 bits per heavy atom. The van der Waals surface area contributed by atoms with Gasteiger partial charge >= 0.3 is 0 Å². The molecule has 1 atom stereocenters. The van der Waals surface area contributed by atoms with E-state index in [4.69, 9.17) is 11.5 Å². The smallest absolute Gasteiger partial charge is 0.237 e. The van der Waals surface area contributed by atoms with Crippen molar-refractivity contribution in [2.24, 2.45) is 17.4 Å². The van der Waals surface area contributed by atoms with Crippen molar-refractivity contribution < 1.29 is 9.59 Å². The molecule has 0 aromatic heterocycles. The molecule has 0 saturated heterocycles. The minimum absolute atomic E-state index is 0.0279. The Morgan fingerprint density at radius 1 is 1.43 bits per heavy atom. The standard InChI is InChI=1S/C9H19N3O2/c1-3-7(5-10)4-9(14)12(2)6-8(11)13/h7H,3-6,10H2,1-2H3,(H2,11,13). The van der Waals surface area contributed by atoms with Gasteiger partial charge in [0.2, 0.25) is 11.8 Å². The molecule has 0 aromatic rings. The fourth-order valence-electron chi connectivity index (χ4n) is 1.12. The topological polar surface area (TPSA) is 89.4 Å². The van der Waals surface area contributed by atoms with Crippen LogP contribution >= 0.6 is 0 Å².